The average Bonchev–Trinajstić information content (AvgIpc) is 2.46. The first kappa shape index (κ1) is 17.3. The van der Waals surface area contributed by atoms with Gasteiger partial charge in [-0.05, 0) is 30.7 Å². The third-order valence-corrected chi connectivity index (χ3v) is 3.06. The summed E-state index contributed by atoms with van der Waals surface area (Å²) in [4.78, 5) is 16.2. The van der Waals surface area contributed by atoms with Crippen LogP contribution in [0.5, 0.6) is 5.75 Å². The number of nitrogens with zero attached hydrogens (tertiary/aromatic N) is 1. The number of halogens is 1. The van der Waals surface area contributed by atoms with Crippen molar-refractivity contribution in [2.75, 3.05) is 11.9 Å². The summed E-state index contributed by atoms with van der Waals surface area (Å²) < 4.78 is 5.53. The number of amides is 1. The summed E-state index contributed by atoms with van der Waals surface area (Å²) in [6, 6.07) is 7.04. The zero-order valence-electron chi connectivity index (χ0n) is 12.6. The Morgan fingerprint density at radius 1 is 1.33 bits per heavy atom. The van der Waals surface area contributed by atoms with Crippen LogP contribution in [-0.2, 0) is 4.84 Å². The summed E-state index contributed by atoms with van der Waals surface area (Å²) in [5.74, 6) is 0.780. The molecule has 5 nitrogen and oxygen atoms in total. The van der Waals surface area contributed by atoms with E-state index < -0.39 is 6.09 Å². The van der Waals surface area contributed by atoms with E-state index in [0.717, 1.165) is 18.6 Å². The molecule has 0 aliphatic carbocycles. The van der Waals surface area contributed by atoms with Crippen molar-refractivity contribution in [3.05, 3.63) is 24.3 Å². The van der Waals surface area contributed by atoms with Gasteiger partial charge in [0.2, 0.25) is 0 Å². The number of anilines is 1. The molecule has 1 rings (SSSR count). The first-order valence-corrected chi connectivity index (χ1v) is 7.35. The second-order valence-corrected chi connectivity index (χ2v) is 5.19. The highest BCUT2D eigenvalue weighted by molar-refractivity contribution is 6.65. The molecule has 0 aliphatic heterocycles. The lowest BCUT2D eigenvalue weighted by Crippen LogP contribution is -2.12. The minimum absolute atomic E-state index is 0.0130. The molecule has 0 saturated heterocycles. The second-order valence-electron chi connectivity index (χ2n) is 4.80. The molecule has 0 spiro atoms. The highest BCUT2D eigenvalue weighted by Gasteiger charge is 2.06. The number of hydrogen-bond acceptors (Lipinski definition) is 4. The molecule has 0 heterocycles. The number of carbonyl (C=O) groups is 1. The average molecular weight is 313 g/mol. The molecule has 1 N–H and O–H groups in total. The van der Waals surface area contributed by atoms with Crippen molar-refractivity contribution in [3.8, 4) is 5.75 Å². The van der Waals surface area contributed by atoms with Gasteiger partial charge in [0.25, 0.3) is 0 Å². The van der Waals surface area contributed by atoms with Crippen LogP contribution in [0.25, 0.3) is 0 Å². The molecule has 1 aromatic carbocycles. The molecular formula is C15H21ClN2O3. The molecule has 1 amide bonds. The summed E-state index contributed by atoms with van der Waals surface area (Å²) in [6.07, 6.45) is 1.42. The lowest BCUT2D eigenvalue weighted by atomic mass is 10.2. The van der Waals surface area contributed by atoms with E-state index >= 15 is 0 Å². The fourth-order valence-electron chi connectivity index (χ4n) is 1.30. The Balaban J connectivity index is 2.44. The highest BCUT2D eigenvalue weighted by Crippen LogP contribution is 2.16. The van der Waals surface area contributed by atoms with Crippen molar-refractivity contribution >= 4 is 28.6 Å². The predicted molar refractivity (Wildman–Crippen MR) is 85.1 cm³/mol. The number of unbranched alkanes of at least 4 members (excludes halogenated alkanes) is 1. The molecule has 0 atom stereocenters. The van der Waals surface area contributed by atoms with Gasteiger partial charge in [-0.3, -0.25) is 10.2 Å². The molecule has 0 aliphatic rings. The summed E-state index contributed by atoms with van der Waals surface area (Å²) in [5, 5.41) is 6.32. The smallest absolute Gasteiger partial charge is 0.437 e. The Bertz CT molecular complexity index is 472. The van der Waals surface area contributed by atoms with Crippen LogP contribution in [0.1, 0.15) is 33.6 Å². The predicted octanol–water partition coefficient (Wildman–Crippen LogP) is 4.62. The fourth-order valence-corrected chi connectivity index (χ4v) is 1.33. The second kappa shape index (κ2) is 9.23. The summed E-state index contributed by atoms with van der Waals surface area (Å²) >= 11 is 5.77. The number of rotatable bonds is 7. The molecular weight excluding hydrogens is 292 g/mol. The van der Waals surface area contributed by atoms with Crippen molar-refractivity contribution in [1.29, 1.82) is 0 Å². The molecule has 0 unspecified atom stereocenters. The van der Waals surface area contributed by atoms with Crippen LogP contribution in [-0.4, -0.2) is 17.9 Å². The van der Waals surface area contributed by atoms with Gasteiger partial charge >= 0.3 is 6.09 Å². The fraction of sp³-hybridized carbons (Fsp3) is 0.467. The molecule has 1 aromatic rings. The van der Waals surface area contributed by atoms with Crippen LogP contribution in [0.4, 0.5) is 10.5 Å². The maximum Gasteiger partial charge on any atom is 0.437 e. The summed E-state index contributed by atoms with van der Waals surface area (Å²) in [6.45, 7) is 6.50. The zero-order valence-corrected chi connectivity index (χ0v) is 13.3. The molecule has 0 bridgehead atoms. The van der Waals surface area contributed by atoms with Gasteiger partial charge in [0.15, 0.2) is 0 Å². The van der Waals surface area contributed by atoms with E-state index in [4.69, 9.17) is 16.3 Å². The lowest BCUT2D eigenvalue weighted by molar-refractivity contribution is 0.166. The van der Waals surface area contributed by atoms with E-state index in [2.05, 4.69) is 22.2 Å². The summed E-state index contributed by atoms with van der Waals surface area (Å²) in [5.41, 5.74) is 0.596. The van der Waals surface area contributed by atoms with Gasteiger partial charge in [-0.15, -0.1) is 0 Å². The van der Waals surface area contributed by atoms with Gasteiger partial charge in [-0.1, -0.05) is 43.9 Å². The van der Waals surface area contributed by atoms with Gasteiger partial charge < -0.3 is 4.74 Å². The molecule has 116 valence electrons. The number of oxime groups is 1. The molecule has 0 aromatic heterocycles. The van der Waals surface area contributed by atoms with Gasteiger partial charge in [-0.2, -0.15) is 0 Å². The number of ether oxygens (including phenoxy) is 1. The van der Waals surface area contributed by atoms with Crippen molar-refractivity contribution in [3.63, 3.8) is 0 Å². The molecule has 0 saturated carbocycles. The van der Waals surface area contributed by atoms with Crippen LogP contribution >= 0.6 is 11.6 Å². The van der Waals surface area contributed by atoms with E-state index in [1.807, 2.05) is 13.8 Å². The van der Waals surface area contributed by atoms with Crippen LogP contribution in [0, 0.1) is 5.92 Å². The Hall–Kier alpha value is -1.75. The van der Waals surface area contributed by atoms with Crippen LogP contribution in [0.2, 0.25) is 0 Å². The van der Waals surface area contributed by atoms with Gasteiger partial charge in [-0.25, -0.2) is 4.79 Å². The van der Waals surface area contributed by atoms with Crippen molar-refractivity contribution in [2.45, 2.75) is 33.6 Å². The quantitative estimate of drug-likeness (QED) is 0.346. The monoisotopic (exact) mass is 312 g/mol. The third kappa shape index (κ3) is 6.99. The van der Waals surface area contributed by atoms with E-state index in [1.54, 1.807) is 24.3 Å². The number of benzene rings is 1. The standard InChI is InChI=1S/C15H21ClN2O3/c1-4-5-10-20-13-8-6-12(7-9-13)17-15(19)21-18-14(16)11(2)3/h6-9,11H,4-5,10H2,1-3H3,(H,17,19). The van der Waals surface area contributed by atoms with Gasteiger partial charge in [0, 0.05) is 11.6 Å². The van der Waals surface area contributed by atoms with Gasteiger partial charge in [0.05, 0.1) is 6.61 Å². The van der Waals surface area contributed by atoms with E-state index in [0.29, 0.717) is 12.3 Å². The van der Waals surface area contributed by atoms with E-state index in [1.165, 1.54) is 0 Å². The van der Waals surface area contributed by atoms with E-state index in [9.17, 15) is 4.79 Å². The highest BCUT2D eigenvalue weighted by atomic mass is 35.5. The number of nitrogens with one attached hydrogen (secondary N) is 1. The van der Waals surface area contributed by atoms with E-state index in [-0.39, 0.29) is 11.1 Å². The van der Waals surface area contributed by atoms with Crippen LogP contribution in [0.15, 0.2) is 29.4 Å². The molecule has 0 radical (unpaired) electrons. The Labute approximate surface area is 130 Å². The Kier molecular flexibility index (Phi) is 7.61. The maximum absolute atomic E-state index is 11.5. The normalized spacial score (nSPS) is 11.4. The molecule has 6 heteroatoms. The Morgan fingerprint density at radius 2 is 2.00 bits per heavy atom. The van der Waals surface area contributed by atoms with Crippen LogP contribution < -0.4 is 10.1 Å². The maximum atomic E-state index is 11.5. The zero-order chi connectivity index (χ0) is 15.7. The first-order valence-electron chi connectivity index (χ1n) is 6.97. The SMILES string of the molecule is CCCCOc1ccc(NC(=O)ON=C(Cl)C(C)C)cc1. The van der Waals surface area contributed by atoms with Crippen molar-refractivity contribution < 1.29 is 14.4 Å². The topological polar surface area (TPSA) is 59.9 Å². The third-order valence-electron chi connectivity index (χ3n) is 2.56. The minimum atomic E-state index is -0.687. The Morgan fingerprint density at radius 3 is 2.57 bits per heavy atom. The summed E-state index contributed by atoms with van der Waals surface area (Å²) in [7, 11) is 0. The first-order chi connectivity index (χ1) is 10.0. The molecule has 21 heavy (non-hydrogen) atoms. The van der Waals surface area contributed by atoms with Gasteiger partial charge in [0.1, 0.15) is 10.9 Å². The van der Waals surface area contributed by atoms with Crippen molar-refractivity contribution in [1.82, 2.24) is 0 Å². The lowest BCUT2D eigenvalue weighted by Gasteiger charge is -2.07. The minimum Gasteiger partial charge on any atom is -0.494 e. The largest absolute Gasteiger partial charge is 0.494 e. The number of hydrogen-bond donors (Lipinski definition) is 1. The van der Waals surface area contributed by atoms with Crippen molar-refractivity contribution in [2.24, 2.45) is 11.1 Å². The number of carbonyl (C=O) groups excluding carboxylic acids is 1. The van der Waals surface area contributed by atoms with Crippen LogP contribution in [0.3, 0.4) is 0 Å². The molecule has 0 fully saturated rings.